The number of carbonyl (C=O) groups excluding carboxylic acids is 2. The predicted octanol–water partition coefficient (Wildman–Crippen LogP) is 1.90. The van der Waals surface area contributed by atoms with Crippen LogP contribution >= 0.6 is 0 Å². The van der Waals surface area contributed by atoms with Gasteiger partial charge < -0.3 is 11.1 Å². The highest BCUT2D eigenvalue weighted by molar-refractivity contribution is 6.21. The second-order valence-corrected chi connectivity index (χ2v) is 4.29. The van der Waals surface area contributed by atoms with Crippen molar-refractivity contribution in [2.75, 3.05) is 11.1 Å². The summed E-state index contributed by atoms with van der Waals surface area (Å²) in [7, 11) is 0. The van der Waals surface area contributed by atoms with Gasteiger partial charge in [-0.05, 0) is 36.4 Å². The number of hydrogen-bond donors (Lipinski definition) is 3. The van der Waals surface area contributed by atoms with Gasteiger partial charge in [0, 0.05) is 17.1 Å². The topological polar surface area (TPSA) is 84.2 Å². The summed E-state index contributed by atoms with van der Waals surface area (Å²) in [6, 6.07) is 12.3. The normalized spacial score (nSPS) is 13.1. The van der Waals surface area contributed by atoms with E-state index in [1.165, 1.54) is 0 Å². The third-order valence-corrected chi connectivity index (χ3v) is 2.91. The van der Waals surface area contributed by atoms with Gasteiger partial charge in [0.05, 0.1) is 11.1 Å². The molecule has 0 spiro atoms. The van der Waals surface area contributed by atoms with Crippen LogP contribution in [0.2, 0.25) is 0 Å². The Labute approximate surface area is 109 Å². The van der Waals surface area contributed by atoms with Crippen LogP contribution in [-0.2, 0) is 0 Å². The predicted molar refractivity (Wildman–Crippen MR) is 72.4 cm³/mol. The van der Waals surface area contributed by atoms with E-state index in [4.69, 9.17) is 5.73 Å². The first-order valence-electron chi connectivity index (χ1n) is 5.76. The highest BCUT2D eigenvalue weighted by atomic mass is 16.2. The monoisotopic (exact) mass is 253 g/mol. The molecular weight excluding hydrogens is 242 g/mol. The zero-order valence-electron chi connectivity index (χ0n) is 9.94. The highest BCUT2D eigenvalue weighted by Crippen LogP contribution is 2.23. The minimum Gasteiger partial charge on any atom is -0.399 e. The number of rotatable bonds is 2. The summed E-state index contributed by atoms with van der Waals surface area (Å²) in [5.41, 5.74) is 8.69. The van der Waals surface area contributed by atoms with Crippen molar-refractivity contribution in [3.8, 4) is 0 Å². The molecule has 0 bridgehead atoms. The third-order valence-electron chi connectivity index (χ3n) is 2.91. The Morgan fingerprint density at radius 1 is 0.895 bits per heavy atom. The third kappa shape index (κ3) is 2.01. The largest absolute Gasteiger partial charge is 0.399 e. The number of amides is 2. The first-order valence-corrected chi connectivity index (χ1v) is 5.76. The molecule has 2 aromatic carbocycles. The molecule has 0 radical (unpaired) electrons. The van der Waals surface area contributed by atoms with Crippen LogP contribution in [0, 0.1) is 0 Å². The number of nitrogens with one attached hydrogen (secondary N) is 2. The Hall–Kier alpha value is -2.82. The molecule has 1 aliphatic heterocycles. The van der Waals surface area contributed by atoms with Gasteiger partial charge in [0.2, 0.25) is 0 Å². The van der Waals surface area contributed by atoms with Gasteiger partial charge in [-0.15, -0.1) is 0 Å². The molecular formula is C14H11N3O2. The SMILES string of the molecule is Nc1cccc(Nc2ccc3c(c2)C(=O)NC3=O)c1. The summed E-state index contributed by atoms with van der Waals surface area (Å²) in [5, 5.41) is 5.40. The molecule has 4 N–H and O–H groups in total. The Morgan fingerprint density at radius 2 is 1.63 bits per heavy atom. The minimum absolute atomic E-state index is 0.351. The van der Waals surface area contributed by atoms with Gasteiger partial charge in [-0.1, -0.05) is 6.07 Å². The lowest BCUT2D eigenvalue weighted by Gasteiger charge is -2.07. The van der Waals surface area contributed by atoms with Crippen molar-refractivity contribution in [1.29, 1.82) is 0 Å². The second kappa shape index (κ2) is 4.13. The van der Waals surface area contributed by atoms with E-state index in [2.05, 4.69) is 10.6 Å². The Bertz CT molecular complexity index is 695. The molecule has 0 atom stereocenters. The van der Waals surface area contributed by atoms with Gasteiger partial charge in [0.1, 0.15) is 0 Å². The number of benzene rings is 2. The Balaban J connectivity index is 1.93. The number of nitrogens with two attached hydrogens (primary N) is 1. The molecule has 5 heteroatoms. The van der Waals surface area contributed by atoms with E-state index in [9.17, 15) is 9.59 Å². The van der Waals surface area contributed by atoms with E-state index in [0.29, 0.717) is 16.8 Å². The van der Waals surface area contributed by atoms with Crippen LogP contribution in [0.4, 0.5) is 17.1 Å². The fourth-order valence-corrected chi connectivity index (χ4v) is 2.03. The number of hydrogen-bond acceptors (Lipinski definition) is 4. The lowest BCUT2D eigenvalue weighted by molar-refractivity contribution is 0.0879. The molecule has 94 valence electrons. The quantitative estimate of drug-likeness (QED) is 0.563. The lowest BCUT2D eigenvalue weighted by atomic mass is 10.1. The molecule has 5 nitrogen and oxygen atoms in total. The van der Waals surface area contributed by atoms with Gasteiger partial charge >= 0.3 is 0 Å². The molecule has 0 fully saturated rings. The van der Waals surface area contributed by atoms with Gasteiger partial charge in [-0.3, -0.25) is 14.9 Å². The van der Waals surface area contributed by atoms with Crippen LogP contribution in [0.15, 0.2) is 42.5 Å². The zero-order chi connectivity index (χ0) is 13.4. The highest BCUT2D eigenvalue weighted by Gasteiger charge is 2.26. The van der Waals surface area contributed by atoms with E-state index in [1.807, 2.05) is 12.1 Å². The molecule has 2 amide bonds. The molecule has 0 saturated carbocycles. The van der Waals surface area contributed by atoms with Crippen molar-refractivity contribution < 1.29 is 9.59 Å². The number of fused-ring (bicyclic) bond motifs is 1. The molecule has 0 aromatic heterocycles. The maximum Gasteiger partial charge on any atom is 0.259 e. The summed E-state index contributed by atoms with van der Waals surface area (Å²) in [5.74, 6) is -0.716. The number of anilines is 3. The van der Waals surface area contributed by atoms with Crippen LogP contribution in [0.5, 0.6) is 0 Å². The van der Waals surface area contributed by atoms with Crippen LogP contribution < -0.4 is 16.4 Å². The summed E-state index contributed by atoms with van der Waals surface area (Å²) in [6.07, 6.45) is 0. The van der Waals surface area contributed by atoms with Gasteiger partial charge in [-0.2, -0.15) is 0 Å². The van der Waals surface area contributed by atoms with Crippen molar-refractivity contribution >= 4 is 28.9 Å². The standard InChI is InChI=1S/C14H11N3O2/c15-8-2-1-3-9(6-8)16-10-4-5-11-12(7-10)14(19)17-13(11)18/h1-7,16H,15H2,(H,17,18,19). The summed E-state index contributed by atoms with van der Waals surface area (Å²) < 4.78 is 0. The Morgan fingerprint density at radius 3 is 2.42 bits per heavy atom. The molecule has 0 saturated heterocycles. The average Bonchev–Trinajstić information content (AvgIpc) is 2.65. The zero-order valence-corrected chi connectivity index (χ0v) is 9.94. The van der Waals surface area contributed by atoms with Crippen molar-refractivity contribution in [3.63, 3.8) is 0 Å². The maximum absolute atomic E-state index is 11.6. The second-order valence-electron chi connectivity index (χ2n) is 4.29. The van der Waals surface area contributed by atoms with Crippen molar-refractivity contribution in [2.45, 2.75) is 0 Å². The Kier molecular flexibility index (Phi) is 2.45. The minimum atomic E-state index is -0.365. The van der Waals surface area contributed by atoms with Crippen LogP contribution in [0.25, 0.3) is 0 Å². The van der Waals surface area contributed by atoms with E-state index in [-0.39, 0.29) is 11.8 Å². The van der Waals surface area contributed by atoms with Crippen molar-refractivity contribution in [1.82, 2.24) is 5.32 Å². The number of carbonyl (C=O) groups is 2. The number of imide groups is 1. The molecule has 3 rings (SSSR count). The van der Waals surface area contributed by atoms with Crippen molar-refractivity contribution in [2.24, 2.45) is 0 Å². The molecule has 2 aromatic rings. The average molecular weight is 253 g/mol. The van der Waals surface area contributed by atoms with E-state index < -0.39 is 0 Å². The molecule has 0 aliphatic carbocycles. The summed E-state index contributed by atoms with van der Waals surface area (Å²) in [6.45, 7) is 0. The smallest absolute Gasteiger partial charge is 0.259 e. The van der Waals surface area contributed by atoms with Gasteiger partial charge in [0.25, 0.3) is 11.8 Å². The maximum atomic E-state index is 11.6. The van der Waals surface area contributed by atoms with E-state index >= 15 is 0 Å². The molecule has 0 unspecified atom stereocenters. The van der Waals surface area contributed by atoms with E-state index in [1.54, 1.807) is 30.3 Å². The summed E-state index contributed by atoms with van der Waals surface area (Å²) in [4.78, 5) is 23.0. The lowest BCUT2D eigenvalue weighted by Crippen LogP contribution is -2.19. The van der Waals surface area contributed by atoms with E-state index in [0.717, 1.165) is 11.4 Å². The fourth-order valence-electron chi connectivity index (χ4n) is 2.03. The molecule has 1 heterocycles. The van der Waals surface area contributed by atoms with Crippen LogP contribution in [-0.4, -0.2) is 11.8 Å². The molecule has 19 heavy (non-hydrogen) atoms. The van der Waals surface area contributed by atoms with Crippen molar-refractivity contribution in [3.05, 3.63) is 53.6 Å². The van der Waals surface area contributed by atoms with Crippen LogP contribution in [0.3, 0.4) is 0 Å². The first-order chi connectivity index (χ1) is 9.13. The first kappa shape index (κ1) is 11.3. The van der Waals surface area contributed by atoms with Gasteiger partial charge in [-0.25, -0.2) is 0 Å². The molecule has 1 aliphatic rings. The number of nitrogen functional groups attached to an aromatic ring is 1. The van der Waals surface area contributed by atoms with Gasteiger partial charge in [0.15, 0.2) is 0 Å². The summed E-state index contributed by atoms with van der Waals surface area (Å²) >= 11 is 0. The fraction of sp³-hybridized carbons (Fsp3) is 0. The van der Waals surface area contributed by atoms with Crippen LogP contribution in [0.1, 0.15) is 20.7 Å².